The summed E-state index contributed by atoms with van der Waals surface area (Å²) < 4.78 is 18.7. The van der Waals surface area contributed by atoms with Crippen molar-refractivity contribution < 1.29 is 14.2 Å². The van der Waals surface area contributed by atoms with Gasteiger partial charge in [-0.05, 0) is 49.2 Å². The third kappa shape index (κ3) is 4.03. The van der Waals surface area contributed by atoms with Crippen molar-refractivity contribution >= 4 is 17.0 Å². The van der Waals surface area contributed by atoms with Crippen LogP contribution in [0.4, 0.5) is 5.69 Å². The van der Waals surface area contributed by atoms with Crippen LogP contribution in [-0.2, 0) is 0 Å². The first-order valence-corrected chi connectivity index (χ1v) is 10.7. The van der Waals surface area contributed by atoms with Crippen molar-refractivity contribution in [2.45, 2.75) is 31.7 Å². The number of thiazole rings is 1. The van der Waals surface area contributed by atoms with Gasteiger partial charge >= 0.3 is 0 Å². The van der Waals surface area contributed by atoms with E-state index >= 15 is 0 Å². The molecular weight excluding hydrogens is 384 g/mol. The van der Waals surface area contributed by atoms with Crippen LogP contribution in [0.2, 0.25) is 0 Å². The summed E-state index contributed by atoms with van der Waals surface area (Å²) in [4.78, 5) is 5.97. The van der Waals surface area contributed by atoms with Crippen molar-refractivity contribution in [2.24, 2.45) is 4.99 Å². The maximum Gasteiger partial charge on any atom is 0.190 e. The maximum atomic E-state index is 5.68. The van der Waals surface area contributed by atoms with Gasteiger partial charge in [-0.2, -0.15) is 0 Å². The van der Waals surface area contributed by atoms with Gasteiger partial charge in [-0.1, -0.05) is 12.8 Å². The average molecular weight is 411 g/mol. The standard InChI is InChI=1S/C23H26N2O3S/c1-26-18-10-8-16(9-11-18)24-23-25(17-6-4-5-7-17)21(15-29-23)20-13-12-19(27-2)14-22(20)28-3/h8-15,17H,4-7H2,1-3H3. The van der Waals surface area contributed by atoms with Crippen molar-refractivity contribution in [1.29, 1.82) is 0 Å². The van der Waals surface area contributed by atoms with Crippen LogP contribution in [0.25, 0.3) is 11.3 Å². The number of aromatic nitrogens is 1. The topological polar surface area (TPSA) is 45.0 Å². The molecule has 1 fully saturated rings. The van der Waals surface area contributed by atoms with Crippen LogP contribution in [0.15, 0.2) is 52.8 Å². The van der Waals surface area contributed by atoms with Crippen LogP contribution < -0.4 is 19.0 Å². The molecule has 0 aliphatic heterocycles. The molecule has 0 amide bonds. The van der Waals surface area contributed by atoms with Gasteiger partial charge in [-0.3, -0.25) is 0 Å². The summed E-state index contributed by atoms with van der Waals surface area (Å²) in [6.07, 6.45) is 4.87. The second-order valence-electron chi connectivity index (χ2n) is 7.09. The van der Waals surface area contributed by atoms with Crippen molar-refractivity contribution in [2.75, 3.05) is 21.3 Å². The Balaban J connectivity index is 1.84. The first-order chi connectivity index (χ1) is 14.2. The van der Waals surface area contributed by atoms with Gasteiger partial charge in [-0.15, -0.1) is 11.3 Å². The molecule has 5 nitrogen and oxygen atoms in total. The lowest BCUT2D eigenvalue weighted by Crippen LogP contribution is -2.20. The smallest absolute Gasteiger partial charge is 0.190 e. The minimum Gasteiger partial charge on any atom is -0.497 e. The lowest BCUT2D eigenvalue weighted by Gasteiger charge is -2.18. The Bertz CT molecular complexity index is 1030. The average Bonchev–Trinajstić information content (AvgIpc) is 3.43. The predicted octanol–water partition coefficient (Wildman–Crippen LogP) is 5.59. The third-order valence-electron chi connectivity index (χ3n) is 5.41. The molecule has 6 heteroatoms. The van der Waals surface area contributed by atoms with E-state index in [2.05, 4.69) is 16.0 Å². The Labute approximate surface area is 175 Å². The molecule has 0 N–H and O–H groups in total. The number of rotatable bonds is 6. The van der Waals surface area contributed by atoms with Gasteiger partial charge in [0, 0.05) is 23.1 Å². The number of hydrogen-bond acceptors (Lipinski definition) is 5. The van der Waals surface area contributed by atoms with Crippen molar-refractivity contribution in [3.05, 3.63) is 52.6 Å². The summed E-state index contributed by atoms with van der Waals surface area (Å²) in [6, 6.07) is 14.3. The first-order valence-electron chi connectivity index (χ1n) is 9.84. The molecule has 152 valence electrons. The summed E-state index contributed by atoms with van der Waals surface area (Å²) in [5.41, 5.74) is 3.13. The SMILES string of the molecule is COc1ccc(N=c2scc(-c3ccc(OC)cc3OC)n2C2CCCC2)cc1. The monoisotopic (exact) mass is 410 g/mol. The number of ether oxygens (including phenoxy) is 3. The largest absolute Gasteiger partial charge is 0.497 e. The van der Waals surface area contributed by atoms with Gasteiger partial charge in [0.15, 0.2) is 4.80 Å². The Morgan fingerprint density at radius 1 is 0.897 bits per heavy atom. The molecule has 3 aromatic rings. The molecule has 1 heterocycles. The molecule has 0 atom stereocenters. The predicted molar refractivity (Wildman–Crippen MR) is 117 cm³/mol. The number of hydrogen-bond donors (Lipinski definition) is 0. The maximum absolute atomic E-state index is 5.68. The van der Waals surface area contributed by atoms with Crippen molar-refractivity contribution in [1.82, 2.24) is 4.57 Å². The Morgan fingerprint density at radius 3 is 2.24 bits per heavy atom. The lowest BCUT2D eigenvalue weighted by atomic mass is 10.1. The zero-order chi connectivity index (χ0) is 20.2. The first kappa shape index (κ1) is 19.6. The Kier molecular flexibility index (Phi) is 5.90. The van der Waals surface area contributed by atoms with Gasteiger partial charge in [0.05, 0.1) is 32.7 Å². The summed E-state index contributed by atoms with van der Waals surface area (Å²) in [7, 11) is 5.05. The second kappa shape index (κ2) is 8.74. The van der Waals surface area contributed by atoms with E-state index in [-0.39, 0.29) is 0 Å². The normalized spacial score (nSPS) is 14.9. The second-order valence-corrected chi connectivity index (χ2v) is 7.92. The highest BCUT2D eigenvalue weighted by atomic mass is 32.1. The molecule has 1 aromatic heterocycles. The molecule has 0 radical (unpaired) electrons. The minimum atomic E-state index is 0.458. The number of methoxy groups -OCH3 is 3. The molecule has 1 aliphatic carbocycles. The summed E-state index contributed by atoms with van der Waals surface area (Å²) in [6.45, 7) is 0. The van der Waals surface area contributed by atoms with E-state index in [1.165, 1.54) is 25.7 Å². The van der Waals surface area contributed by atoms with E-state index in [9.17, 15) is 0 Å². The van der Waals surface area contributed by atoms with Crippen molar-refractivity contribution in [3.63, 3.8) is 0 Å². The van der Waals surface area contributed by atoms with Gasteiger partial charge in [-0.25, -0.2) is 4.99 Å². The van der Waals surface area contributed by atoms with Crippen LogP contribution in [0.5, 0.6) is 17.2 Å². The van der Waals surface area contributed by atoms with E-state index < -0.39 is 0 Å². The third-order valence-corrected chi connectivity index (χ3v) is 6.25. The summed E-state index contributed by atoms with van der Waals surface area (Å²) in [5.74, 6) is 2.43. The summed E-state index contributed by atoms with van der Waals surface area (Å²) >= 11 is 1.67. The summed E-state index contributed by atoms with van der Waals surface area (Å²) in [5, 5.41) is 2.19. The van der Waals surface area contributed by atoms with Crippen molar-refractivity contribution in [3.8, 4) is 28.5 Å². The molecule has 0 spiro atoms. The van der Waals surface area contributed by atoms with E-state index in [0.29, 0.717) is 6.04 Å². The molecule has 0 saturated heterocycles. The van der Waals surface area contributed by atoms with E-state index in [1.54, 1.807) is 32.7 Å². The van der Waals surface area contributed by atoms with Crippen LogP contribution >= 0.6 is 11.3 Å². The van der Waals surface area contributed by atoms with Gasteiger partial charge < -0.3 is 18.8 Å². The van der Waals surface area contributed by atoms with E-state index in [1.807, 2.05) is 36.4 Å². The highest BCUT2D eigenvalue weighted by Crippen LogP contribution is 2.38. The number of nitrogens with zero attached hydrogens (tertiary/aromatic N) is 2. The fourth-order valence-electron chi connectivity index (χ4n) is 3.89. The minimum absolute atomic E-state index is 0.458. The molecule has 29 heavy (non-hydrogen) atoms. The zero-order valence-corrected chi connectivity index (χ0v) is 17.9. The van der Waals surface area contributed by atoms with E-state index in [0.717, 1.165) is 39.0 Å². The number of benzene rings is 2. The van der Waals surface area contributed by atoms with Crippen LogP contribution in [0.3, 0.4) is 0 Å². The van der Waals surface area contributed by atoms with Gasteiger partial charge in [0.2, 0.25) is 0 Å². The fraction of sp³-hybridized carbons (Fsp3) is 0.348. The highest BCUT2D eigenvalue weighted by molar-refractivity contribution is 7.07. The highest BCUT2D eigenvalue weighted by Gasteiger charge is 2.23. The molecular formula is C23H26N2O3S. The molecule has 1 aliphatic rings. The van der Waals surface area contributed by atoms with E-state index in [4.69, 9.17) is 19.2 Å². The molecule has 1 saturated carbocycles. The van der Waals surface area contributed by atoms with Gasteiger partial charge in [0.1, 0.15) is 17.2 Å². The zero-order valence-electron chi connectivity index (χ0n) is 17.1. The van der Waals surface area contributed by atoms with Crippen LogP contribution in [-0.4, -0.2) is 25.9 Å². The molecule has 4 rings (SSSR count). The molecule has 0 unspecified atom stereocenters. The fourth-order valence-corrected chi connectivity index (χ4v) is 4.87. The lowest BCUT2D eigenvalue weighted by molar-refractivity contribution is 0.395. The Hall–Kier alpha value is -2.73. The Morgan fingerprint density at radius 2 is 1.59 bits per heavy atom. The van der Waals surface area contributed by atoms with Crippen LogP contribution in [0.1, 0.15) is 31.7 Å². The molecule has 2 aromatic carbocycles. The molecule has 0 bridgehead atoms. The quantitative estimate of drug-likeness (QED) is 0.532. The van der Waals surface area contributed by atoms with Crippen LogP contribution in [0, 0.1) is 0 Å². The van der Waals surface area contributed by atoms with Gasteiger partial charge in [0.25, 0.3) is 0 Å².